The summed E-state index contributed by atoms with van der Waals surface area (Å²) in [5, 5.41) is 3.42. The molecule has 0 aromatic heterocycles. The second-order valence-corrected chi connectivity index (χ2v) is 7.07. The molecule has 0 aliphatic carbocycles. The molecule has 1 aliphatic rings. The van der Waals surface area contributed by atoms with Crippen LogP contribution in [0.2, 0.25) is 0 Å². The maximum Gasteiger partial charge on any atom is 0.175 e. The van der Waals surface area contributed by atoms with Crippen molar-refractivity contribution in [1.29, 1.82) is 0 Å². The molecule has 140 valence electrons. The molecule has 0 spiro atoms. The van der Waals surface area contributed by atoms with Crippen LogP contribution in [0.5, 0.6) is 23.0 Å². The van der Waals surface area contributed by atoms with Crippen LogP contribution >= 0.6 is 15.9 Å². The van der Waals surface area contributed by atoms with Crippen molar-refractivity contribution < 1.29 is 18.9 Å². The van der Waals surface area contributed by atoms with Gasteiger partial charge < -0.3 is 24.3 Å². The van der Waals surface area contributed by atoms with Crippen molar-refractivity contribution in [2.45, 2.75) is 33.4 Å². The van der Waals surface area contributed by atoms with Gasteiger partial charge in [-0.15, -0.1) is 0 Å². The molecule has 0 amide bonds. The van der Waals surface area contributed by atoms with E-state index >= 15 is 0 Å². The van der Waals surface area contributed by atoms with Gasteiger partial charge in [-0.1, -0.05) is 0 Å². The SMILES string of the molecule is CCOc1cc(CNc2ccc3c(c2)OCCO3)cc(Br)c1OC(C)C. The average Bonchev–Trinajstić information content (AvgIpc) is 2.62. The molecule has 1 aliphatic heterocycles. The van der Waals surface area contributed by atoms with Gasteiger partial charge in [-0.05, 0) is 66.5 Å². The molecule has 5 nitrogen and oxygen atoms in total. The zero-order chi connectivity index (χ0) is 18.5. The number of fused-ring (bicyclic) bond motifs is 1. The van der Waals surface area contributed by atoms with Crippen LogP contribution in [0.3, 0.4) is 0 Å². The molecular formula is C20H24BrNO4. The number of nitrogens with one attached hydrogen (secondary N) is 1. The van der Waals surface area contributed by atoms with Gasteiger partial charge in [0.25, 0.3) is 0 Å². The van der Waals surface area contributed by atoms with Crippen molar-refractivity contribution in [3.63, 3.8) is 0 Å². The van der Waals surface area contributed by atoms with Crippen molar-refractivity contribution in [2.75, 3.05) is 25.1 Å². The van der Waals surface area contributed by atoms with Crippen molar-refractivity contribution in [3.8, 4) is 23.0 Å². The van der Waals surface area contributed by atoms with Gasteiger partial charge in [0.05, 0.1) is 17.2 Å². The van der Waals surface area contributed by atoms with Crippen molar-refractivity contribution in [1.82, 2.24) is 0 Å². The fourth-order valence-corrected chi connectivity index (χ4v) is 3.28. The highest BCUT2D eigenvalue weighted by molar-refractivity contribution is 9.10. The van der Waals surface area contributed by atoms with Gasteiger partial charge in [-0.3, -0.25) is 0 Å². The maximum absolute atomic E-state index is 5.89. The molecule has 1 heterocycles. The molecule has 2 aromatic rings. The van der Waals surface area contributed by atoms with Crippen molar-refractivity contribution in [2.24, 2.45) is 0 Å². The monoisotopic (exact) mass is 421 g/mol. The van der Waals surface area contributed by atoms with E-state index in [4.69, 9.17) is 18.9 Å². The minimum absolute atomic E-state index is 0.0761. The quantitative estimate of drug-likeness (QED) is 0.679. The Labute approximate surface area is 162 Å². The van der Waals surface area contributed by atoms with Crippen LogP contribution in [-0.4, -0.2) is 25.9 Å². The first kappa shape index (κ1) is 18.7. The predicted molar refractivity (Wildman–Crippen MR) is 106 cm³/mol. The van der Waals surface area contributed by atoms with Gasteiger partial charge in [0.2, 0.25) is 0 Å². The number of benzene rings is 2. The molecule has 0 saturated carbocycles. The Kier molecular flexibility index (Phi) is 6.14. The van der Waals surface area contributed by atoms with Crippen LogP contribution in [0.4, 0.5) is 5.69 Å². The van der Waals surface area contributed by atoms with E-state index in [1.807, 2.05) is 51.1 Å². The number of rotatable bonds is 7. The standard InChI is InChI=1S/C20H24BrNO4/c1-4-23-19-10-14(9-16(21)20(19)26-13(2)3)12-22-15-5-6-17-18(11-15)25-8-7-24-17/h5-6,9-11,13,22H,4,7-8,12H2,1-3H3. The van der Waals surface area contributed by atoms with Crippen molar-refractivity contribution in [3.05, 3.63) is 40.4 Å². The summed E-state index contributed by atoms with van der Waals surface area (Å²) < 4.78 is 23.7. The first-order valence-electron chi connectivity index (χ1n) is 8.82. The number of halogens is 1. The highest BCUT2D eigenvalue weighted by Crippen LogP contribution is 2.38. The van der Waals surface area contributed by atoms with Gasteiger partial charge in [-0.2, -0.15) is 0 Å². The third-order valence-corrected chi connectivity index (χ3v) is 4.35. The van der Waals surface area contributed by atoms with Crippen LogP contribution < -0.4 is 24.3 Å². The smallest absolute Gasteiger partial charge is 0.175 e. The molecular weight excluding hydrogens is 398 g/mol. The molecule has 6 heteroatoms. The minimum Gasteiger partial charge on any atom is -0.490 e. The minimum atomic E-state index is 0.0761. The van der Waals surface area contributed by atoms with Gasteiger partial charge in [0.15, 0.2) is 23.0 Å². The van der Waals surface area contributed by atoms with E-state index in [2.05, 4.69) is 21.2 Å². The molecule has 0 unspecified atom stereocenters. The second-order valence-electron chi connectivity index (χ2n) is 6.22. The largest absolute Gasteiger partial charge is 0.490 e. The zero-order valence-electron chi connectivity index (χ0n) is 15.3. The van der Waals surface area contributed by atoms with E-state index in [0.717, 1.165) is 38.7 Å². The van der Waals surface area contributed by atoms with E-state index in [9.17, 15) is 0 Å². The Bertz CT molecular complexity index is 764. The number of hydrogen-bond donors (Lipinski definition) is 1. The topological polar surface area (TPSA) is 49.0 Å². The van der Waals surface area contributed by atoms with E-state index in [-0.39, 0.29) is 6.10 Å². The van der Waals surface area contributed by atoms with Gasteiger partial charge in [0.1, 0.15) is 13.2 Å². The van der Waals surface area contributed by atoms with E-state index < -0.39 is 0 Å². The van der Waals surface area contributed by atoms with Crippen LogP contribution in [0.15, 0.2) is 34.8 Å². The van der Waals surface area contributed by atoms with Gasteiger partial charge in [0, 0.05) is 18.3 Å². The van der Waals surface area contributed by atoms with Crippen LogP contribution in [0.25, 0.3) is 0 Å². The fraction of sp³-hybridized carbons (Fsp3) is 0.400. The first-order chi connectivity index (χ1) is 12.6. The van der Waals surface area contributed by atoms with Crippen LogP contribution in [-0.2, 0) is 6.54 Å². The molecule has 0 bridgehead atoms. The van der Waals surface area contributed by atoms with Crippen molar-refractivity contribution >= 4 is 21.6 Å². The summed E-state index contributed by atoms with van der Waals surface area (Å²) in [6.45, 7) is 8.38. The number of anilines is 1. The average molecular weight is 422 g/mol. The molecule has 1 N–H and O–H groups in total. The lowest BCUT2D eigenvalue weighted by Crippen LogP contribution is -2.15. The normalized spacial score (nSPS) is 12.8. The lowest BCUT2D eigenvalue weighted by molar-refractivity contribution is 0.171. The second kappa shape index (κ2) is 8.54. The molecule has 0 radical (unpaired) electrons. The predicted octanol–water partition coefficient (Wildman–Crippen LogP) is 5.02. The Hall–Kier alpha value is -2.08. The molecule has 26 heavy (non-hydrogen) atoms. The highest BCUT2D eigenvalue weighted by atomic mass is 79.9. The molecule has 2 aromatic carbocycles. The Morgan fingerprint density at radius 3 is 2.62 bits per heavy atom. The summed E-state index contributed by atoms with van der Waals surface area (Å²) in [5.74, 6) is 3.05. The zero-order valence-corrected chi connectivity index (χ0v) is 16.9. The molecule has 0 atom stereocenters. The summed E-state index contributed by atoms with van der Waals surface area (Å²) in [5.41, 5.74) is 2.07. The van der Waals surface area contributed by atoms with E-state index in [1.165, 1.54) is 0 Å². The number of hydrogen-bond acceptors (Lipinski definition) is 5. The van der Waals surface area contributed by atoms with Gasteiger partial charge in [-0.25, -0.2) is 0 Å². The molecule has 0 fully saturated rings. The lowest BCUT2D eigenvalue weighted by Gasteiger charge is -2.20. The lowest BCUT2D eigenvalue weighted by atomic mass is 10.2. The van der Waals surface area contributed by atoms with Crippen LogP contribution in [0.1, 0.15) is 26.3 Å². The Morgan fingerprint density at radius 2 is 1.88 bits per heavy atom. The Morgan fingerprint density at radius 1 is 1.12 bits per heavy atom. The van der Waals surface area contributed by atoms with Gasteiger partial charge >= 0.3 is 0 Å². The summed E-state index contributed by atoms with van der Waals surface area (Å²) >= 11 is 3.60. The summed E-state index contributed by atoms with van der Waals surface area (Å²) in [7, 11) is 0. The summed E-state index contributed by atoms with van der Waals surface area (Å²) in [6.07, 6.45) is 0.0761. The number of ether oxygens (including phenoxy) is 4. The third-order valence-electron chi connectivity index (χ3n) is 3.76. The highest BCUT2D eigenvalue weighted by Gasteiger charge is 2.15. The molecule has 0 saturated heterocycles. The summed E-state index contributed by atoms with van der Waals surface area (Å²) in [6, 6.07) is 9.94. The van der Waals surface area contributed by atoms with Crippen LogP contribution in [0, 0.1) is 0 Å². The third kappa shape index (κ3) is 4.55. The van der Waals surface area contributed by atoms with E-state index in [0.29, 0.717) is 26.4 Å². The maximum atomic E-state index is 5.89. The fourth-order valence-electron chi connectivity index (χ4n) is 2.69. The molecule has 3 rings (SSSR count). The Balaban J connectivity index is 1.75. The first-order valence-corrected chi connectivity index (χ1v) is 9.61. The van der Waals surface area contributed by atoms with E-state index in [1.54, 1.807) is 0 Å². The summed E-state index contributed by atoms with van der Waals surface area (Å²) in [4.78, 5) is 0.